The molecule has 0 saturated carbocycles. The smallest absolute Gasteiger partial charge is 0.175 e. The quantitative estimate of drug-likeness (QED) is 0.557. The van der Waals surface area contributed by atoms with Crippen LogP contribution in [0.5, 0.6) is 0 Å². The number of aromatic nitrogens is 4. The van der Waals surface area contributed by atoms with Crippen molar-refractivity contribution >= 4 is 11.2 Å². The zero-order chi connectivity index (χ0) is 6.27. The average Bonchev–Trinajstić information content (AvgIpc) is 1.86. The van der Waals surface area contributed by atoms with Crippen LogP contribution in [0.15, 0.2) is 12.5 Å². The SMILES string of the molecule is Cn1[nH]c2cncnc21.[HH]. The summed E-state index contributed by atoms with van der Waals surface area (Å²) >= 11 is 0. The van der Waals surface area contributed by atoms with E-state index in [1.165, 1.54) is 6.33 Å². The Hall–Kier alpha value is -1.32. The van der Waals surface area contributed by atoms with Crippen molar-refractivity contribution in [2.45, 2.75) is 0 Å². The first kappa shape index (κ1) is 4.55. The van der Waals surface area contributed by atoms with Gasteiger partial charge in [0.25, 0.3) is 0 Å². The van der Waals surface area contributed by atoms with Gasteiger partial charge in [-0.25, -0.2) is 9.97 Å². The van der Waals surface area contributed by atoms with Crippen molar-refractivity contribution in [2.24, 2.45) is 7.05 Å². The molecule has 1 N–H and O–H groups in total. The highest BCUT2D eigenvalue weighted by molar-refractivity contribution is 5.70. The minimum Gasteiger partial charge on any atom is -0.292 e. The first-order valence-electron chi connectivity index (χ1n) is 2.68. The number of fused-ring (bicyclic) bond motifs is 1. The van der Waals surface area contributed by atoms with E-state index in [9.17, 15) is 0 Å². The van der Waals surface area contributed by atoms with Gasteiger partial charge in [-0.15, -0.1) is 0 Å². The number of nitrogens with one attached hydrogen (secondary N) is 1. The normalized spacial score (nSPS) is 10.8. The molecule has 0 atom stereocenters. The Morgan fingerprint density at radius 1 is 1.78 bits per heavy atom. The molecule has 2 aromatic rings. The number of nitrogens with zero attached hydrogens (tertiary/aromatic N) is 3. The van der Waals surface area contributed by atoms with Gasteiger partial charge < -0.3 is 0 Å². The van der Waals surface area contributed by atoms with Gasteiger partial charge in [-0.3, -0.25) is 9.78 Å². The van der Waals surface area contributed by atoms with E-state index in [0.717, 1.165) is 11.2 Å². The molecule has 0 radical (unpaired) electrons. The maximum absolute atomic E-state index is 4.00. The number of aromatic amines is 1. The van der Waals surface area contributed by atoms with Crippen molar-refractivity contribution in [3.63, 3.8) is 0 Å². The van der Waals surface area contributed by atoms with E-state index in [4.69, 9.17) is 0 Å². The lowest BCUT2D eigenvalue weighted by atomic mass is 10.5. The van der Waals surface area contributed by atoms with Crippen LogP contribution in [0.3, 0.4) is 0 Å². The van der Waals surface area contributed by atoms with Crippen LogP contribution < -0.4 is 0 Å². The molecule has 0 aliphatic heterocycles. The second-order valence-electron chi connectivity index (χ2n) is 1.93. The molecule has 4 nitrogen and oxygen atoms in total. The molecular weight excluding hydrogens is 116 g/mol. The van der Waals surface area contributed by atoms with Crippen LogP contribution in [0.4, 0.5) is 0 Å². The maximum Gasteiger partial charge on any atom is 0.175 e. The number of aryl methyl sites for hydroxylation is 1. The van der Waals surface area contributed by atoms with Crippen molar-refractivity contribution in [1.82, 2.24) is 19.7 Å². The molecule has 2 heterocycles. The fourth-order valence-corrected chi connectivity index (χ4v) is 0.850. The Kier molecular flexibility index (Phi) is 0.677. The lowest BCUT2D eigenvalue weighted by Gasteiger charge is -2.07. The third-order valence-electron chi connectivity index (χ3n) is 1.30. The summed E-state index contributed by atoms with van der Waals surface area (Å²) in [6.45, 7) is 0. The highest BCUT2D eigenvalue weighted by Crippen LogP contribution is 2.05. The lowest BCUT2D eigenvalue weighted by Crippen LogP contribution is -2.06. The second kappa shape index (κ2) is 1.34. The third-order valence-corrected chi connectivity index (χ3v) is 1.30. The highest BCUT2D eigenvalue weighted by atomic mass is 15.3. The molecule has 0 aliphatic carbocycles. The van der Waals surface area contributed by atoms with E-state index < -0.39 is 0 Å². The third kappa shape index (κ3) is 0.468. The fraction of sp³-hybridized carbons (Fsp3) is 0.200. The Labute approximate surface area is 53.0 Å². The first-order chi connectivity index (χ1) is 4.38. The molecule has 0 fully saturated rings. The monoisotopic (exact) mass is 124 g/mol. The minimum atomic E-state index is 0. The van der Waals surface area contributed by atoms with Crippen LogP contribution >= 0.6 is 0 Å². The van der Waals surface area contributed by atoms with E-state index in [2.05, 4.69) is 15.1 Å². The van der Waals surface area contributed by atoms with Crippen molar-refractivity contribution in [2.75, 3.05) is 0 Å². The van der Waals surface area contributed by atoms with Gasteiger partial charge in [-0.1, -0.05) is 0 Å². The summed E-state index contributed by atoms with van der Waals surface area (Å²) in [4.78, 5) is 7.83. The van der Waals surface area contributed by atoms with Gasteiger partial charge in [-0.2, -0.15) is 0 Å². The minimum absolute atomic E-state index is 0. The van der Waals surface area contributed by atoms with Gasteiger partial charge >= 0.3 is 0 Å². The van der Waals surface area contributed by atoms with Crippen molar-refractivity contribution in [1.29, 1.82) is 0 Å². The molecule has 0 amide bonds. The zero-order valence-electron chi connectivity index (χ0n) is 5.00. The van der Waals surface area contributed by atoms with Crippen LogP contribution in [0.25, 0.3) is 11.2 Å². The van der Waals surface area contributed by atoms with E-state index in [1.54, 1.807) is 6.20 Å². The summed E-state index contributed by atoms with van der Waals surface area (Å²) in [7, 11) is 1.91. The molecule has 9 heavy (non-hydrogen) atoms. The largest absolute Gasteiger partial charge is 0.292 e. The summed E-state index contributed by atoms with van der Waals surface area (Å²) < 4.78 is 1.84. The van der Waals surface area contributed by atoms with Crippen LogP contribution in [-0.4, -0.2) is 19.7 Å². The summed E-state index contributed by atoms with van der Waals surface area (Å²) in [6, 6.07) is 0. The van der Waals surface area contributed by atoms with Gasteiger partial charge in [0.05, 0.1) is 6.20 Å². The standard InChI is InChI=1S/C5H6N4.H2/c1-9-5-4(8-9)2-6-3-7-5;/h2-3,8H,1H3;1H. The molecule has 0 bridgehead atoms. The van der Waals surface area contributed by atoms with Gasteiger partial charge in [0, 0.05) is 8.47 Å². The summed E-state index contributed by atoms with van der Waals surface area (Å²) in [5.74, 6) is 0. The summed E-state index contributed by atoms with van der Waals surface area (Å²) in [5.41, 5.74) is 1.96. The number of rotatable bonds is 0. The molecule has 2 aromatic heterocycles. The topological polar surface area (TPSA) is 46.5 Å². The van der Waals surface area contributed by atoms with Crippen molar-refractivity contribution in [3.8, 4) is 0 Å². The Balaban J connectivity index is 0.000000500. The molecule has 0 unspecified atom stereocenters. The summed E-state index contributed by atoms with van der Waals surface area (Å²) in [6.07, 6.45) is 3.29. The number of hydrogen-bond donors (Lipinski definition) is 1. The maximum atomic E-state index is 4.00. The molecule has 2 rings (SSSR count). The van der Waals surface area contributed by atoms with E-state index in [1.807, 2.05) is 11.7 Å². The second-order valence-corrected chi connectivity index (χ2v) is 1.93. The predicted molar refractivity (Wildman–Crippen MR) is 35.0 cm³/mol. The number of hydrogen-bond acceptors (Lipinski definition) is 2. The molecular formula is C5H8N4. The van der Waals surface area contributed by atoms with Gasteiger partial charge in [0.1, 0.15) is 11.8 Å². The van der Waals surface area contributed by atoms with Crippen molar-refractivity contribution < 1.29 is 1.43 Å². The van der Waals surface area contributed by atoms with Crippen LogP contribution in [0, 0.1) is 0 Å². The Bertz CT molecular complexity index is 323. The Morgan fingerprint density at radius 3 is 3.22 bits per heavy atom. The zero-order valence-corrected chi connectivity index (χ0v) is 5.00. The Morgan fingerprint density at radius 2 is 2.67 bits per heavy atom. The van der Waals surface area contributed by atoms with E-state index in [-0.39, 0.29) is 1.43 Å². The predicted octanol–water partition coefficient (Wildman–Crippen LogP) is 0.542. The highest BCUT2D eigenvalue weighted by Gasteiger charge is 1.98. The van der Waals surface area contributed by atoms with E-state index >= 15 is 0 Å². The molecule has 0 aliphatic rings. The molecule has 48 valence electrons. The number of H-pyrrole nitrogens is 1. The molecule has 0 saturated heterocycles. The first-order valence-corrected chi connectivity index (χ1v) is 2.68. The van der Waals surface area contributed by atoms with E-state index in [0.29, 0.717) is 0 Å². The molecule has 0 spiro atoms. The lowest BCUT2D eigenvalue weighted by molar-refractivity contribution is 0.742. The molecule has 4 heteroatoms. The fourth-order valence-electron chi connectivity index (χ4n) is 0.850. The van der Waals surface area contributed by atoms with Crippen LogP contribution in [0.1, 0.15) is 1.43 Å². The average molecular weight is 124 g/mol. The molecule has 0 aromatic carbocycles. The van der Waals surface area contributed by atoms with Crippen molar-refractivity contribution in [3.05, 3.63) is 12.5 Å². The van der Waals surface area contributed by atoms with Crippen LogP contribution in [-0.2, 0) is 7.05 Å². The van der Waals surface area contributed by atoms with Gasteiger partial charge in [0.15, 0.2) is 5.65 Å². The van der Waals surface area contributed by atoms with Gasteiger partial charge in [0.2, 0.25) is 0 Å². The van der Waals surface area contributed by atoms with Gasteiger partial charge in [-0.05, 0) is 0 Å². The van der Waals surface area contributed by atoms with Crippen LogP contribution in [0.2, 0.25) is 0 Å². The summed E-state index contributed by atoms with van der Waals surface area (Å²) in [5, 5.41) is 2.99.